The van der Waals surface area contributed by atoms with E-state index >= 15 is 0 Å². The molecule has 0 aliphatic rings. The molecule has 5 nitrogen and oxygen atoms in total. The molecule has 0 aliphatic heterocycles. The number of benzene rings is 1. The second-order valence-electron chi connectivity index (χ2n) is 5.43. The summed E-state index contributed by atoms with van der Waals surface area (Å²) in [6, 6.07) is 9.96. The van der Waals surface area contributed by atoms with Crippen molar-refractivity contribution in [2.24, 2.45) is 0 Å². The van der Waals surface area contributed by atoms with Crippen LogP contribution in [-0.2, 0) is 14.3 Å². The number of Topliss-reactive ketones (excluding diaryl/α,β-unsaturated/α-hetero) is 1. The first-order valence-electron chi connectivity index (χ1n) is 7.69. The van der Waals surface area contributed by atoms with E-state index in [4.69, 9.17) is 10.00 Å². The van der Waals surface area contributed by atoms with Crippen LogP contribution in [0.1, 0.15) is 28.6 Å². The summed E-state index contributed by atoms with van der Waals surface area (Å²) in [6.45, 7) is 3.42. The number of rotatable bonds is 8. The third kappa shape index (κ3) is 6.00. The highest BCUT2D eigenvalue weighted by molar-refractivity contribution is 7.99. The van der Waals surface area contributed by atoms with Gasteiger partial charge in [0.05, 0.1) is 12.5 Å². The third-order valence-corrected chi connectivity index (χ3v) is 5.35. The number of aromatic nitrogens is 1. The van der Waals surface area contributed by atoms with Gasteiger partial charge in [-0.3, -0.25) is 9.59 Å². The van der Waals surface area contributed by atoms with Crippen molar-refractivity contribution < 1.29 is 14.3 Å². The lowest BCUT2D eigenvalue weighted by atomic mass is 10.1. The van der Waals surface area contributed by atoms with Crippen LogP contribution < -0.4 is 0 Å². The second kappa shape index (κ2) is 9.35. The molecule has 130 valence electrons. The normalized spacial score (nSPS) is 11.6. The van der Waals surface area contributed by atoms with Gasteiger partial charge in [-0.1, -0.05) is 17.7 Å². The van der Waals surface area contributed by atoms with Crippen LogP contribution in [0.15, 0.2) is 34.5 Å². The van der Waals surface area contributed by atoms with E-state index in [1.54, 1.807) is 24.1 Å². The van der Waals surface area contributed by atoms with Gasteiger partial charge >= 0.3 is 5.97 Å². The Bertz CT molecular complexity index is 778. The second-order valence-corrected chi connectivity index (χ2v) is 7.49. The molecule has 7 heteroatoms. The molecular formula is C18H18N2O3S2. The molecule has 0 fully saturated rings. The summed E-state index contributed by atoms with van der Waals surface area (Å²) in [7, 11) is 0. The molecule has 0 bridgehead atoms. The predicted molar refractivity (Wildman–Crippen MR) is 97.7 cm³/mol. The average molecular weight is 374 g/mol. The lowest BCUT2D eigenvalue weighted by Gasteiger charge is -2.07. The molecule has 0 saturated heterocycles. The molecular weight excluding hydrogens is 356 g/mol. The van der Waals surface area contributed by atoms with Crippen molar-refractivity contribution in [3.63, 3.8) is 0 Å². The van der Waals surface area contributed by atoms with Gasteiger partial charge in [0.25, 0.3) is 0 Å². The molecule has 1 atom stereocenters. The third-order valence-electron chi connectivity index (χ3n) is 3.31. The Morgan fingerprint density at radius 3 is 2.64 bits per heavy atom. The first-order chi connectivity index (χ1) is 12.0. The van der Waals surface area contributed by atoms with Crippen LogP contribution in [0.5, 0.6) is 0 Å². The van der Waals surface area contributed by atoms with Gasteiger partial charge in [0.2, 0.25) is 0 Å². The van der Waals surface area contributed by atoms with E-state index in [0.29, 0.717) is 10.8 Å². The van der Waals surface area contributed by atoms with Crippen LogP contribution in [0.4, 0.5) is 0 Å². The fourth-order valence-electron chi connectivity index (χ4n) is 1.96. The monoisotopic (exact) mass is 374 g/mol. The van der Waals surface area contributed by atoms with E-state index in [-0.39, 0.29) is 6.42 Å². The maximum absolute atomic E-state index is 12.1. The molecule has 25 heavy (non-hydrogen) atoms. The van der Waals surface area contributed by atoms with Crippen LogP contribution in [0.25, 0.3) is 0 Å². The smallest absolute Gasteiger partial charge is 0.307 e. The number of aryl methyl sites for hydroxylation is 2. The Hall–Kier alpha value is -2.17. The first-order valence-corrected chi connectivity index (χ1v) is 9.55. The number of hydrogen-bond acceptors (Lipinski definition) is 7. The summed E-state index contributed by atoms with van der Waals surface area (Å²) >= 11 is 2.81. The molecule has 0 unspecified atom stereocenters. The van der Waals surface area contributed by atoms with Crippen molar-refractivity contribution in [2.75, 3.05) is 12.4 Å². The van der Waals surface area contributed by atoms with E-state index in [9.17, 15) is 9.59 Å². The quantitative estimate of drug-likeness (QED) is 0.518. The van der Waals surface area contributed by atoms with E-state index in [0.717, 1.165) is 10.6 Å². The molecule has 0 amide bonds. The van der Waals surface area contributed by atoms with Crippen molar-refractivity contribution in [3.05, 3.63) is 45.9 Å². The molecule has 1 aromatic heterocycles. The van der Waals surface area contributed by atoms with Gasteiger partial charge in [-0.15, -0.1) is 23.1 Å². The van der Waals surface area contributed by atoms with Crippen LogP contribution in [0.2, 0.25) is 0 Å². The molecule has 0 saturated carbocycles. The largest absolute Gasteiger partial charge is 0.458 e. The highest BCUT2D eigenvalue weighted by Gasteiger charge is 2.24. The molecule has 1 aromatic carbocycles. The van der Waals surface area contributed by atoms with Crippen molar-refractivity contribution in [1.29, 1.82) is 5.26 Å². The average Bonchev–Trinajstić information content (AvgIpc) is 3.01. The minimum atomic E-state index is -0.978. The number of ether oxygens (including phenoxy) is 1. The number of nitrogens with zero attached hydrogens (tertiary/aromatic N) is 2. The first kappa shape index (κ1) is 19.2. The van der Waals surface area contributed by atoms with E-state index in [1.807, 2.05) is 37.3 Å². The topological polar surface area (TPSA) is 80.0 Å². The summed E-state index contributed by atoms with van der Waals surface area (Å²) in [5.74, 6) is -1.30. The number of thiazole rings is 1. The molecule has 0 N–H and O–H groups in total. The number of carbonyl (C=O) groups is 2. The SMILES string of the molecule is Cc1ccc(SCCC(=O)OCC(=O)[C@H](C#N)c2nc(C)cs2)cc1. The molecule has 2 aromatic rings. The molecule has 0 aliphatic carbocycles. The number of carbonyl (C=O) groups excluding carboxylic acids is 2. The fraction of sp³-hybridized carbons (Fsp3) is 0.333. The highest BCUT2D eigenvalue weighted by Crippen LogP contribution is 2.21. The van der Waals surface area contributed by atoms with E-state index in [2.05, 4.69) is 4.98 Å². The summed E-state index contributed by atoms with van der Waals surface area (Å²) in [6.07, 6.45) is 0.208. The lowest BCUT2D eigenvalue weighted by Crippen LogP contribution is -2.20. The molecule has 1 heterocycles. The Morgan fingerprint density at radius 1 is 1.32 bits per heavy atom. The zero-order valence-corrected chi connectivity index (χ0v) is 15.7. The maximum Gasteiger partial charge on any atom is 0.307 e. The van der Waals surface area contributed by atoms with Crippen LogP contribution in [0, 0.1) is 25.2 Å². The predicted octanol–water partition coefficient (Wildman–Crippen LogP) is 3.66. The van der Waals surface area contributed by atoms with Crippen LogP contribution in [-0.4, -0.2) is 29.1 Å². The molecule has 2 rings (SSSR count). The Kier molecular flexibility index (Phi) is 7.16. The van der Waals surface area contributed by atoms with E-state index in [1.165, 1.54) is 16.9 Å². The highest BCUT2D eigenvalue weighted by atomic mass is 32.2. The number of ketones is 1. The zero-order chi connectivity index (χ0) is 18.2. The summed E-state index contributed by atoms with van der Waals surface area (Å²) in [4.78, 5) is 29.1. The van der Waals surface area contributed by atoms with Crippen LogP contribution in [0.3, 0.4) is 0 Å². The van der Waals surface area contributed by atoms with Crippen molar-refractivity contribution in [2.45, 2.75) is 31.1 Å². The minimum Gasteiger partial charge on any atom is -0.458 e. The summed E-state index contributed by atoms with van der Waals surface area (Å²) in [5, 5.41) is 11.4. The fourth-order valence-corrected chi connectivity index (χ4v) is 3.66. The van der Waals surface area contributed by atoms with Gasteiger partial charge < -0.3 is 4.74 Å². The number of esters is 1. The van der Waals surface area contributed by atoms with Gasteiger partial charge in [0.15, 0.2) is 18.3 Å². The van der Waals surface area contributed by atoms with Crippen molar-refractivity contribution >= 4 is 34.9 Å². The van der Waals surface area contributed by atoms with Crippen molar-refractivity contribution in [3.8, 4) is 6.07 Å². The van der Waals surface area contributed by atoms with E-state index < -0.39 is 24.3 Å². The number of nitriles is 1. The Labute approximate surface area is 155 Å². The minimum absolute atomic E-state index is 0.208. The van der Waals surface area contributed by atoms with Gasteiger partial charge in [-0.05, 0) is 26.0 Å². The maximum atomic E-state index is 12.1. The summed E-state index contributed by atoms with van der Waals surface area (Å²) < 4.78 is 5.00. The van der Waals surface area contributed by atoms with Gasteiger partial charge in [0, 0.05) is 21.7 Å². The Morgan fingerprint density at radius 2 is 2.04 bits per heavy atom. The van der Waals surface area contributed by atoms with Gasteiger partial charge in [0.1, 0.15) is 5.01 Å². The Balaban J connectivity index is 1.74. The summed E-state index contributed by atoms with van der Waals surface area (Å²) in [5.41, 5.74) is 1.95. The lowest BCUT2D eigenvalue weighted by molar-refractivity contribution is -0.147. The van der Waals surface area contributed by atoms with Crippen LogP contribution >= 0.6 is 23.1 Å². The molecule has 0 radical (unpaired) electrons. The zero-order valence-electron chi connectivity index (χ0n) is 14.0. The van der Waals surface area contributed by atoms with Crippen molar-refractivity contribution in [1.82, 2.24) is 4.98 Å². The molecule has 0 spiro atoms. The van der Waals surface area contributed by atoms with Gasteiger partial charge in [-0.25, -0.2) is 4.98 Å². The van der Waals surface area contributed by atoms with Gasteiger partial charge in [-0.2, -0.15) is 5.26 Å². The standard InChI is InChI=1S/C18H18N2O3S2/c1-12-3-5-14(6-4-12)24-8-7-17(22)23-10-16(21)15(9-19)18-20-13(2)11-25-18/h3-6,11,15H,7-8,10H2,1-2H3/t15-/m0/s1. The number of thioether (sulfide) groups is 1. The number of hydrogen-bond donors (Lipinski definition) is 0.